The zero-order valence-corrected chi connectivity index (χ0v) is 26.7. The minimum Gasteiger partial charge on any atom is -0.466 e. The molecule has 2 amide bonds. The van der Waals surface area contributed by atoms with Gasteiger partial charge in [-0.15, -0.1) is 11.8 Å². The van der Waals surface area contributed by atoms with Gasteiger partial charge in [0.05, 0.1) is 19.7 Å². The Hall–Kier alpha value is -3.36. The average Bonchev–Trinajstić information content (AvgIpc) is 3.78. The summed E-state index contributed by atoms with van der Waals surface area (Å²) >= 11 is 6.87. The molecule has 242 valence electrons. The Kier molecular flexibility index (Phi) is 12.4. The van der Waals surface area contributed by atoms with Crippen LogP contribution in [-0.2, 0) is 47.7 Å². The topological polar surface area (TPSA) is 173 Å². The molecule has 0 aromatic heterocycles. The van der Waals surface area contributed by atoms with E-state index in [9.17, 15) is 28.8 Å². The molecule has 0 spiro atoms. The SMILES string of the molecule is COC(=O)[C@@]1(SC)C[C@H](OC(C)=O)[C@@H](NC(=O)CC2CC2)[C@H]([C@H](OC(C)=O)[C@@H](CNC(=O)c2ccc(Cl)cc2)OC(C)=O)O1. The second kappa shape index (κ2) is 15.6. The number of halogens is 1. The molecule has 2 aliphatic rings. The Morgan fingerprint density at radius 1 is 1.02 bits per heavy atom. The molecule has 15 heteroatoms. The van der Waals surface area contributed by atoms with Crippen molar-refractivity contribution in [1.29, 1.82) is 0 Å². The number of hydrogen-bond acceptors (Lipinski definition) is 12. The summed E-state index contributed by atoms with van der Waals surface area (Å²) in [6.45, 7) is 3.03. The van der Waals surface area contributed by atoms with Crippen molar-refractivity contribution in [2.24, 2.45) is 5.92 Å². The van der Waals surface area contributed by atoms with Crippen LogP contribution in [-0.4, -0.2) is 91.0 Å². The average molecular weight is 657 g/mol. The number of amides is 2. The van der Waals surface area contributed by atoms with Crippen LogP contribution in [0.5, 0.6) is 0 Å². The van der Waals surface area contributed by atoms with E-state index in [1.165, 1.54) is 31.2 Å². The van der Waals surface area contributed by atoms with Gasteiger partial charge < -0.3 is 34.3 Å². The fourth-order valence-corrected chi connectivity index (χ4v) is 5.85. The molecular weight excluding hydrogens is 620 g/mol. The summed E-state index contributed by atoms with van der Waals surface area (Å²) in [5.74, 6) is -3.84. The number of carbonyl (C=O) groups is 6. The summed E-state index contributed by atoms with van der Waals surface area (Å²) in [5, 5.41) is 5.90. The molecule has 0 radical (unpaired) electrons. The highest BCUT2D eigenvalue weighted by molar-refractivity contribution is 8.00. The number of carbonyl (C=O) groups excluding carboxylic acids is 6. The van der Waals surface area contributed by atoms with Gasteiger partial charge in [-0.3, -0.25) is 24.0 Å². The van der Waals surface area contributed by atoms with Gasteiger partial charge in [-0.2, -0.15) is 0 Å². The lowest BCUT2D eigenvalue weighted by molar-refractivity contribution is -0.220. The van der Waals surface area contributed by atoms with Crippen LogP contribution in [0.2, 0.25) is 5.02 Å². The lowest BCUT2D eigenvalue weighted by Crippen LogP contribution is -2.68. The van der Waals surface area contributed by atoms with Gasteiger partial charge in [0.1, 0.15) is 12.2 Å². The van der Waals surface area contributed by atoms with Gasteiger partial charge in [-0.05, 0) is 49.3 Å². The van der Waals surface area contributed by atoms with Crippen molar-refractivity contribution in [1.82, 2.24) is 10.6 Å². The largest absolute Gasteiger partial charge is 0.466 e. The van der Waals surface area contributed by atoms with Gasteiger partial charge in [0, 0.05) is 44.2 Å². The first-order chi connectivity index (χ1) is 20.8. The molecule has 1 saturated carbocycles. The fourth-order valence-electron chi connectivity index (χ4n) is 4.93. The summed E-state index contributed by atoms with van der Waals surface area (Å²) in [5.41, 5.74) is 0.251. The molecule has 0 unspecified atom stereocenters. The predicted molar refractivity (Wildman–Crippen MR) is 157 cm³/mol. The number of thioether (sulfide) groups is 1. The molecule has 3 rings (SSSR count). The Morgan fingerprint density at radius 2 is 1.66 bits per heavy atom. The first-order valence-electron chi connectivity index (χ1n) is 13.9. The normalized spacial score (nSPS) is 24.2. The highest BCUT2D eigenvalue weighted by Crippen LogP contribution is 2.42. The molecule has 2 N–H and O–H groups in total. The van der Waals surface area contributed by atoms with Gasteiger partial charge in [-0.25, -0.2) is 4.79 Å². The minimum atomic E-state index is -1.77. The van der Waals surface area contributed by atoms with E-state index >= 15 is 0 Å². The smallest absolute Gasteiger partial charge is 0.348 e. The van der Waals surface area contributed by atoms with Crippen molar-refractivity contribution in [2.45, 2.75) is 81.8 Å². The Labute approximate surface area is 264 Å². The quantitative estimate of drug-likeness (QED) is 0.234. The Balaban J connectivity index is 2.06. The van der Waals surface area contributed by atoms with Crippen molar-refractivity contribution >= 4 is 59.1 Å². The van der Waals surface area contributed by atoms with Crippen molar-refractivity contribution in [3.8, 4) is 0 Å². The third-order valence-electron chi connectivity index (χ3n) is 7.07. The zero-order chi connectivity index (χ0) is 32.6. The van der Waals surface area contributed by atoms with Crippen LogP contribution in [0.4, 0.5) is 0 Å². The van der Waals surface area contributed by atoms with E-state index in [2.05, 4.69) is 10.6 Å². The van der Waals surface area contributed by atoms with E-state index in [1.54, 1.807) is 6.26 Å². The first kappa shape index (κ1) is 35.1. The summed E-state index contributed by atoms with van der Waals surface area (Å²) in [7, 11) is 1.15. The lowest BCUT2D eigenvalue weighted by Gasteiger charge is -2.48. The standard InChI is InChI=1S/C29H37ClN2O11S/c1-15(33)40-21-13-29(44-5,28(38)39-4)43-26(24(21)32-23(36)12-18-6-7-18)25(42-17(3)35)22(41-16(2)34)14-31-27(37)19-8-10-20(30)11-9-19/h8-11,18,21-22,24-26H,6-7,12-14H2,1-5H3,(H,31,37)(H,32,36)/t21-,22+,24+,25+,26+,29-/m0/s1. The van der Waals surface area contributed by atoms with Crippen molar-refractivity contribution in [3.05, 3.63) is 34.9 Å². The number of hydrogen-bond donors (Lipinski definition) is 2. The second-order valence-corrected chi connectivity index (χ2v) is 12.1. The maximum Gasteiger partial charge on any atom is 0.348 e. The van der Waals surface area contributed by atoms with Gasteiger partial charge in [0.25, 0.3) is 5.91 Å². The monoisotopic (exact) mass is 656 g/mol. The first-order valence-corrected chi connectivity index (χ1v) is 15.5. The van der Waals surface area contributed by atoms with Crippen LogP contribution < -0.4 is 10.6 Å². The Bertz CT molecular complexity index is 1240. The maximum atomic E-state index is 13.1. The molecule has 0 bridgehead atoms. The van der Waals surface area contributed by atoms with Crippen LogP contribution >= 0.6 is 23.4 Å². The number of nitrogens with one attached hydrogen (secondary N) is 2. The molecule has 2 fully saturated rings. The number of esters is 4. The highest BCUT2D eigenvalue weighted by Gasteiger charge is 2.58. The van der Waals surface area contributed by atoms with E-state index in [0.717, 1.165) is 45.6 Å². The van der Waals surface area contributed by atoms with Gasteiger partial charge in [-0.1, -0.05) is 11.6 Å². The third-order valence-corrected chi connectivity index (χ3v) is 8.41. The number of methoxy groups -OCH3 is 1. The molecule has 1 aromatic carbocycles. The number of benzene rings is 1. The highest BCUT2D eigenvalue weighted by atomic mass is 35.5. The maximum absolute atomic E-state index is 13.1. The molecule has 1 aromatic rings. The van der Waals surface area contributed by atoms with Crippen molar-refractivity contribution in [3.63, 3.8) is 0 Å². The van der Waals surface area contributed by atoms with Gasteiger partial charge in [0.15, 0.2) is 12.2 Å². The van der Waals surface area contributed by atoms with Crippen LogP contribution in [0.1, 0.15) is 56.8 Å². The minimum absolute atomic E-state index is 0.198. The van der Waals surface area contributed by atoms with Crippen LogP contribution in [0.15, 0.2) is 24.3 Å². The zero-order valence-electron chi connectivity index (χ0n) is 25.1. The van der Waals surface area contributed by atoms with Crippen LogP contribution in [0, 0.1) is 5.92 Å². The summed E-state index contributed by atoms with van der Waals surface area (Å²) in [6, 6.07) is 4.87. The van der Waals surface area contributed by atoms with Gasteiger partial charge in [0.2, 0.25) is 10.8 Å². The van der Waals surface area contributed by atoms with E-state index < -0.39 is 65.2 Å². The lowest BCUT2D eigenvalue weighted by atomic mass is 9.88. The third kappa shape index (κ3) is 9.57. The molecular formula is C29H37ClN2O11S. The summed E-state index contributed by atoms with van der Waals surface area (Å²) in [4.78, 5) is 74.3. The predicted octanol–water partition coefficient (Wildman–Crippen LogP) is 2.17. The summed E-state index contributed by atoms with van der Waals surface area (Å²) in [6.07, 6.45) is -2.14. The molecule has 1 heterocycles. The van der Waals surface area contributed by atoms with E-state index in [1.807, 2.05) is 0 Å². The van der Waals surface area contributed by atoms with Crippen LogP contribution in [0.25, 0.3) is 0 Å². The fraction of sp³-hybridized carbons (Fsp3) is 0.586. The second-order valence-electron chi connectivity index (χ2n) is 10.6. The van der Waals surface area contributed by atoms with Crippen molar-refractivity contribution in [2.75, 3.05) is 19.9 Å². The van der Waals surface area contributed by atoms with E-state index in [0.29, 0.717) is 5.02 Å². The van der Waals surface area contributed by atoms with E-state index in [-0.39, 0.29) is 36.8 Å². The molecule has 1 aliphatic heterocycles. The van der Waals surface area contributed by atoms with Gasteiger partial charge >= 0.3 is 23.9 Å². The van der Waals surface area contributed by atoms with Crippen LogP contribution in [0.3, 0.4) is 0 Å². The molecule has 1 saturated heterocycles. The summed E-state index contributed by atoms with van der Waals surface area (Å²) < 4.78 is 28.1. The van der Waals surface area contributed by atoms with Crippen molar-refractivity contribution < 1.29 is 52.5 Å². The van der Waals surface area contributed by atoms with E-state index in [4.69, 9.17) is 35.3 Å². The number of rotatable bonds is 13. The molecule has 6 atom stereocenters. The molecule has 13 nitrogen and oxygen atoms in total. The number of ether oxygens (including phenoxy) is 5. The molecule has 1 aliphatic carbocycles. The molecule has 44 heavy (non-hydrogen) atoms. The Morgan fingerprint density at radius 3 is 2.18 bits per heavy atom.